The standard InChI is InChI=1S/C15H23ClO/c1-2-3-4-7-13-17-15-11-6-5-9-14(15)10-8-12-16/h5-6,9,11H,2-4,7-8,10,12-13H2,1H3. The molecule has 0 bridgehead atoms. The third-order valence-corrected chi connectivity index (χ3v) is 3.08. The van der Waals surface area contributed by atoms with Gasteiger partial charge in [-0.15, -0.1) is 11.6 Å². The molecule has 0 atom stereocenters. The molecule has 0 fully saturated rings. The Balaban J connectivity index is 2.35. The lowest BCUT2D eigenvalue weighted by atomic mass is 10.1. The van der Waals surface area contributed by atoms with E-state index in [-0.39, 0.29) is 0 Å². The van der Waals surface area contributed by atoms with E-state index in [0.29, 0.717) is 5.88 Å². The minimum absolute atomic E-state index is 0.713. The first-order chi connectivity index (χ1) is 8.38. The number of hydrogen-bond acceptors (Lipinski definition) is 1. The molecule has 0 N–H and O–H groups in total. The van der Waals surface area contributed by atoms with E-state index in [1.165, 1.54) is 24.8 Å². The van der Waals surface area contributed by atoms with Crippen molar-refractivity contribution in [1.29, 1.82) is 0 Å². The Morgan fingerprint density at radius 1 is 1.06 bits per heavy atom. The highest BCUT2D eigenvalue weighted by Crippen LogP contribution is 2.20. The Morgan fingerprint density at radius 3 is 2.65 bits per heavy atom. The number of alkyl halides is 1. The summed E-state index contributed by atoms with van der Waals surface area (Å²) in [4.78, 5) is 0. The van der Waals surface area contributed by atoms with Crippen LogP contribution in [0.15, 0.2) is 24.3 Å². The van der Waals surface area contributed by atoms with Crippen molar-refractivity contribution >= 4 is 11.6 Å². The Morgan fingerprint density at radius 2 is 1.88 bits per heavy atom. The van der Waals surface area contributed by atoms with Gasteiger partial charge in [-0.05, 0) is 30.9 Å². The molecule has 0 saturated heterocycles. The number of aryl methyl sites for hydroxylation is 1. The Kier molecular flexibility index (Phi) is 7.91. The Labute approximate surface area is 110 Å². The highest BCUT2D eigenvalue weighted by Gasteiger charge is 2.02. The van der Waals surface area contributed by atoms with E-state index in [2.05, 4.69) is 25.1 Å². The number of halogens is 1. The Bertz CT molecular complexity index is 299. The van der Waals surface area contributed by atoms with E-state index in [1.807, 2.05) is 6.07 Å². The third-order valence-electron chi connectivity index (χ3n) is 2.81. The summed E-state index contributed by atoms with van der Waals surface area (Å²) in [6.45, 7) is 3.06. The van der Waals surface area contributed by atoms with E-state index in [4.69, 9.17) is 16.3 Å². The van der Waals surface area contributed by atoms with Crippen LogP contribution in [0.4, 0.5) is 0 Å². The van der Waals surface area contributed by atoms with Crippen molar-refractivity contribution < 1.29 is 4.74 Å². The van der Waals surface area contributed by atoms with Gasteiger partial charge in [-0.25, -0.2) is 0 Å². The van der Waals surface area contributed by atoms with Crippen LogP contribution >= 0.6 is 11.6 Å². The molecule has 0 radical (unpaired) electrons. The zero-order chi connectivity index (χ0) is 12.3. The minimum Gasteiger partial charge on any atom is -0.493 e. The maximum Gasteiger partial charge on any atom is 0.122 e. The van der Waals surface area contributed by atoms with Crippen molar-refractivity contribution in [3.8, 4) is 5.75 Å². The monoisotopic (exact) mass is 254 g/mol. The van der Waals surface area contributed by atoms with Crippen molar-refractivity contribution in [2.45, 2.75) is 45.4 Å². The summed E-state index contributed by atoms with van der Waals surface area (Å²) in [6, 6.07) is 8.29. The molecule has 17 heavy (non-hydrogen) atoms. The fourth-order valence-electron chi connectivity index (χ4n) is 1.82. The molecule has 0 heterocycles. The lowest BCUT2D eigenvalue weighted by molar-refractivity contribution is 0.302. The molecule has 1 aromatic rings. The lowest BCUT2D eigenvalue weighted by Gasteiger charge is -2.10. The predicted octanol–water partition coefficient (Wildman–Crippen LogP) is 4.82. The van der Waals surface area contributed by atoms with Gasteiger partial charge < -0.3 is 4.74 Å². The van der Waals surface area contributed by atoms with E-state index in [9.17, 15) is 0 Å². The van der Waals surface area contributed by atoms with Crippen molar-refractivity contribution in [1.82, 2.24) is 0 Å². The number of rotatable bonds is 9. The molecule has 0 aliphatic heterocycles. The molecule has 0 aliphatic carbocycles. The van der Waals surface area contributed by atoms with Gasteiger partial charge in [0.2, 0.25) is 0 Å². The van der Waals surface area contributed by atoms with Crippen LogP contribution in [-0.4, -0.2) is 12.5 Å². The average molecular weight is 255 g/mol. The molecule has 1 aromatic carbocycles. The summed E-state index contributed by atoms with van der Waals surface area (Å²) >= 11 is 5.72. The highest BCUT2D eigenvalue weighted by molar-refractivity contribution is 6.17. The normalized spacial score (nSPS) is 10.5. The quantitative estimate of drug-likeness (QED) is 0.454. The van der Waals surface area contributed by atoms with Crippen LogP contribution in [0.25, 0.3) is 0 Å². The van der Waals surface area contributed by atoms with Crippen LogP contribution in [0.1, 0.15) is 44.6 Å². The number of benzene rings is 1. The van der Waals surface area contributed by atoms with Crippen LogP contribution < -0.4 is 4.74 Å². The van der Waals surface area contributed by atoms with Gasteiger partial charge >= 0.3 is 0 Å². The first-order valence-electron chi connectivity index (χ1n) is 6.65. The number of ether oxygens (including phenoxy) is 1. The SMILES string of the molecule is CCCCCCOc1ccccc1CCCCl. The van der Waals surface area contributed by atoms with Crippen LogP contribution in [0.5, 0.6) is 5.75 Å². The van der Waals surface area contributed by atoms with Crippen LogP contribution in [0.3, 0.4) is 0 Å². The molecule has 0 saturated carbocycles. The van der Waals surface area contributed by atoms with Gasteiger partial charge in [-0.1, -0.05) is 44.4 Å². The number of para-hydroxylation sites is 1. The fourth-order valence-corrected chi connectivity index (χ4v) is 1.95. The first kappa shape index (κ1) is 14.4. The third kappa shape index (κ3) is 5.97. The molecule has 0 aliphatic rings. The van der Waals surface area contributed by atoms with Gasteiger partial charge in [0.05, 0.1) is 6.61 Å². The zero-order valence-corrected chi connectivity index (χ0v) is 11.5. The van der Waals surface area contributed by atoms with Crippen molar-refractivity contribution in [3.05, 3.63) is 29.8 Å². The van der Waals surface area contributed by atoms with Gasteiger partial charge in [-0.2, -0.15) is 0 Å². The number of unbranched alkanes of at least 4 members (excludes halogenated alkanes) is 3. The van der Waals surface area contributed by atoms with Gasteiger partial charge in [0.1, 0.15) is 5.75 Å². The molecule has 2 heteroatoms. The van der Waals surface area contributed by atoms with Crippen molar-refractivity contribution in [2.24, 2.45) is 0 Å². The van der Waals surface area contributed by atoms with E-state index in [1.54, 1.807) is 0 Å². The predicted molar refractivity (Wildman–Crippen MR) is 75.1 cm³/mol. The van der Waals surface area contributed by atoms with Crippen LogP contribution in [-0.2, 0) is 6.42 Å². The van der Waals surface area contributed by atoms with Crippen LogP contribution in [0.2, 0.25) is 0 Å². The molecular weight excluding hydrogens is 232 g/mol. The molecule has 0 aromatic heterocycles. The fraction of sp³-hybridized carbons (Fsp3) is 0.600. The second-order valence-corrected chi connectivity index (χ2v) is 4.69. The maximum absolute atomic E-state index is 5.84. The average Bonchev–Trinajstić information content (AvgIpc) is 2.37. The minimum atomic E-state index is 0.713. The van der Waals surface area contributed by atoms with Gasteiger partial charge in [0.25, 0.3) is 0 Å². The largest absolute Gasteiger partial charge is 0.493 e. The zero-order valence-electron chi connectivity index (χ0n) is 10.8. The van der Waals surface area contributed by atoms with E-state index < -0.39 is 0 Å². The second kappa shape index (κ2) is 9.35. The molecular formula is C15H23ClO. The summed E-state index contributed by atoms with van der Waals surface area (Å²) in [5, 5.41) is 0. The summed E-state index contributed by atoms with van der Waals surface area (Å²) in [5.74, 6) is 1.75. The summed E-state index contributed by atoms with van der Waals surface area (Å²) < 4.78 is 5.84. The second-order valence-electron chi connectivity index (χ2n) is 4.31. The topological polar surface area (TPSA) is 9.23 Å². The van der Waals surface area contributed by atoms with Crippen LogP contribution in [0, 0.1) is 0 Å². The summed E-state index contributed by atoms with van der Waals surface area (Å²) in [7, 11) is 0. The molecule has 96 valence electrons. The molecule has 1 nitrogen and oxygen atoms in total. The smallest absolute Gasteiger partial charge is 0.122 e. The lowest BCUT2D eigenvalue weighted by Crippen LogP contribution is -2.00. The highest BCUT2D eigenvalue weighted by atomic mass is 35.5. The maximum atomic E-state index is 5.84. The van der Waals surface area contributed by atoms with E-state index in [0.717, 1.165) is 31.6 Å². The summed E-state index contributed by atoms with van der Waals surface area (Å²) in [5.41, 5.74) is 1.28. The van der Waals surface area contributed by atoms with E-state index >= 15 is 0 Å². The first-order valence-corrected chi connectivity index (χ1v) is 7.18. The van der Waals surface area contributed by atoms with Gasteiger partial charge in [0, 0.05) is 5.88 Å². The number of hydrogen-bond donors (Lipinski definition) is 0. The molecule has 0 spiro atoms. The Hall–Kier alpha value is -0.690. The van der Waals surface area contributed by atoms with Gasteiger partial charge in [0.15, 0.2) is 0 Å². The molecule has 1 rings (SSSR count). The molecule has 0 unspecified atom stereocenters. The van der Waals surface area contributed by atoms with Gasteiger partial charge in [-0.3, -0.25) is 0 Å². The molecule has 0 amide bonds. The van der Waals surface area contributed by atoms with Crippen molar-refractivity contribution in [2.75, 3.05) is 12.5 Å². The summed E-state index contributed by atoms with van der Waals surface area (Å²) in [6.07, 6.45) is 7.01. The van der Waals surface area contributed by atoms with Crippen molar-refractivity contribution in [3.63, 3.8) is 0 Å².